The van der Waals surface area contributed by atoms with E-state index in [2.05, 4.69) is 21.3 Å². The summed E-state index contributed by atoms with van der Waals surface area (Å²) in [7, 11) is 0. The molecule has 0 radical (unpaired) electrons. The van der Waals surface area contributed by atoms with Gasteiger partial charge in [0.05, 0.1) is 51.8 Å². The Bertz CT molecular complexity index is 2230. The lowest BCUT2D eigenvalue weighted by atomic mass is 9.87. The normalized spacial score (nSPS) is 44.6. The number of hydrogen-bond donors (Lipinski definition) is 23. The molecule has 39 nitrogen and oxygen atoms in total. The molecule has 0 aromatic carbocycles. The van der Waals surface area contributed by atoms with Crippen LogP contribution in [0.5, 0.6) is 0 Å². The lowest BCUT2D eigenvalue weighted by Crippen LogP contribution is -2.74. The second kappa shape index (κ2) is 30.8. The second-order valence-electron chi connectivity index (χ2n) is 21.2. The van der Waals surface area contributed by atoms with E-state index in [0.29, 0.717) is 0 Å². The molecule has 0 aromatic heterocycles. The van der Waals surface area contributed by atoms with Gasteiger partial charge in [0.1, 0.15) is 147 Å². The van der Waals surface area contributed by atoms with Gasteiger partial charge < -0.3 is 170 Å². The number of carboxylic acids is 1. The summed E-state index contributed by atoms with van der Waals surface area (Å²) in [6.45, 7) is -5.13. The van der Waals surface area contributed by atoms with Crippen LogP contribution < -0.4 is 21.3 Å². The van der Waals surface area contributed by atoms with Gasteiger partial charge in [-0.3, -0.25) is 19.2 Å². The van der Waals surface area contributed by atoms with Gasteiger partial charge in [0, 0.05) is 27.2 Å². The summed E-state index contributed by atoms with van der Waals surface area (Å²) in [6.07, 6.45) is -55.8. The Kier molecular flexibility index (Phi) is 25.5. The Labute approximate surface area is 486 Å². The van der Waals surface area contributed by atoms with E-state index in [1.807, 2.05) is 0 Å². The Morgan fingerprint density at radius 1 is 0.477 bits per heavy atom. The fourth-order valence-corrected chi connectivity index (χ4v) is 10.8. The van der Waals surface area contributed by atoms with E-state index in [1.165, 1.54) is 0 Å². The second-order valence-corrected chi connectivity index (χ2v) is 21.2. The van der Waals surface area contributed by atoms with Crippen molar-refractivity contribution in [2.45, 2.75) is 217 Å². The smallest absolute Gasteiger partial charge is 0.364 e. The zero-order valence-electron chi connectivity index (χ0n) is 46.0. The van der Waals surface area contributed by atoms with Crippen molar-refractivity contribution in [2.24, 2.45) is 0 Å². The van der Waals surface area contributed by atoms with Crippen molar-refractivity contribution in [3.8, 4) is 0 Å². The number of ether oxygens (including phenoxy) is 11. The fraction of sp³-hybridized carbons (Fsp3) is 0.894. The zero-order valence-corrected chi connectivity index (χ0v) is 46.0. The van der Waals surface area contributed by atoms with Crippen LogP contribution in [-0.4, -0.2) is 362 Å². The van der Waals surface area contributed by atoms with Gasteiger partial charge in [0.15, 0.2) is 31.5 Å². The fourth-order valence-electron chi connectivity index (χ4n) is 10.8. The number of carboxylic acid groups (broad SMARTS) is 1. The summed E-state index contributed by atoms with van der Waals surface area (Å²) >= 11 is 0. The summed E-state index contributed by atoms with van der Waals surface area (Å²) in [4.78, 5) is 64.0. The Morgan fingerprint density at radius 2 is 0.930 bits per heavy atom. The minimum absolute atomic E-state index is 0.778. The molecule has 31 atom stereocenters. The van der Waals surface area contributed by atoms with E-state index >= 15 is 0 Å². The number of aliphatic hydroxyl groups excluding tert-OH is 18. The highest BCUT2D eigenvalue weighted by Gasteiger charge is 2.63. The van der Waals surface area contributed by atoms with Crippen molar-refractivity contribution >= 4 is 29.6 Å². The molecule has 0 spiro atoms. The standard InChI is InChI=1S/C47H78N4O35/c1-12(59)48-24-31(69)28(66)17(6-53)77-42(24)82-36-21(10-57)79-43(26(50-14(3)61)39(36)86-47(46(74)75)4-15(62)23(51-22(64)11-58)38(85-47)27(65)16(63)5-52)81-35-20(9-56)80-44(33(71)32(35)70)84-40-30(68)19(8-55)78-45(34(40)72)83-37-25(49-13(2)60)41(73)76-18(7-54)29(37)67/h15-21,23-45,52-58,62-63,65-73H,4-11H2,1-3H3,(H,48,59)(H,49,60)(H,50,61)(H,51,64)(H,74,75)/t15-,16+,17+,18+,19+,20+,21+,23+,24+,25+,26+,27+,28-,29-,30-,31+,32+,33+,34+,35-,36-,37+,38+,39+,40-,41-,42-,43-,44-,45-,47-/m0/s1. The molecule has 86 heavy (non-hydrogen) atoms. The lowest BCUT2D eigenvalue weighted by Gasteiger charge is -2.53. The van der Waals surface area contributed by atoms with Gasteiger partial charge in [0.2, 0.25) is 23.6 Å². The number of nitrogens with one attached hydrogen (secondary N) is 4. The summed E-state index contributed by atoms with van der Waals surface area (Å²) < 4.78 is 64.3. The maximum absolute atomic E-state index is 13.7. The van der Waals surface area contributed by atoms with Gasteiger partial charge in [0.25, 0.3) is 5.79 Å². The molecule has 0 saturated carbocycles. The highest BCUT2D eigenvalue weighted by molar-refractivity contribution is 5.78. The van der Waals surface area contributed by atoms with Crippen LogP contribution in [0.2, 0.25) is 0 Å². The van der Waals surface area contributed by atoms with Crippen molar-refractivity contribution in [3.05, 3.63) is 0 Å². The molecule has 0 bridgehead atoms. The number of carbonyl (C=O) groups is 5. The van der Waals surface area contributed by atoms with Crippen LogP contribution in [0.25, 0.3) is 0 Å². The third-order valence-corrected chi connectivity index (χ3v) is 15.1. The summed E-state index contributed by atoms with van der Waals surface area (Å²) in [5.74, 6) is -9.61. The average molecular weight is 1260 g/mol. The van der Waals surface area contributed by atoms with E-state index in [1.54, 1.807) is 0 Å². The average Bonchev–Trinajstić information content (AvgIpc) is 2.19. The molecule has 6 aliphatic heterocycles. The number of aliphatic carboxylic acids is 1. The Hall–Kier alpha value is -3.81. The molecule has 0 unspecified atom stereocenters. The summed E-state index contributed by atoms with van der Waals surface area (Å²) in [5.41, 5.74) is 0. The van der Waals surface area contributed by atoms with Crippen molar-refractivity contribution in [3.63, 3.8) is 0 Å². The number of rotatable bonds is 24. The predicted molar refractivity (Wildman–Crippen MR) is 264 cm³/mol. The molecule has 6 aliphatic rings. The minimum Gasteiger partial charge on any atom is -0.477 e. The van der Waals surface area contributed by atoms with Crippen molar-refractivity contribution < 1.29 is 173 Å². The number of hydrogen-bond acceptors (Lipinski definition) is 34. The van der Waals surface area contributed by atoms with E-state index in [0.717, 1.165) is 20.8 Å². The van der Waals surface area contributed by atoms with Gasteiger partial charge in [-0.05, 0) is 0 Å². The van der Waals surface area contributed by atoms with E-state index in [-0.39, 0.29) is 0 Å². The SMILES string of the molecule is CC(=O)N[C@@H]1[C@@H](O[C@@H]2O[C@H](CO)[C@H](O)[C@H](O[C@@H]3O[C@H](CO)[C@H](O[C@@H]4O[C@H](CO)[C@H](O[C@@H]5O[C@H](CO)[C@H](O)[C@H](O)[C@H]5NC(C)=O)[C@H](O[C@]5(C(=O)O)C[C@H](O)[C@@H](NC(=O)CO)[C@H]([C@H](O)[C@H](O)CO)O5)[C@H]4NC(C)=O)[C@H](O)[C@H]3O)[C@H]2O)[C@@H](O)[C@@H](CO)O[C@@H]1O. The molecule has 6 saturated heterocycles. The van der Waals surface area contributed by atoms with Crippen LogP contribution in [0.15, 0.2) is 0 Å². The first-order valence-corrected chi connectivity index (χ1v) is 26.9. The first-order chi connectivity index (χ1) is 40.5. The molecule has 496 valence electrons. The highest BCUT2D eigenvalue weighted by Crippen LogP contribution is 2.41. The third-order valence-electron chi connectivity index (χ3n) is 15.1. The summed E-state index contributed by atoms with van der Waals surface area (Å²) in [6, 6.07) is -7.53. The molecule has 0 aliphatic carbocycles. The zero-order chi connectivity index (χ0) is 64.0. The van der Waals surface area contributed by atoms with Crippen LogP contribution in [0, 0.1) is 0 Å². The Balaban J connectivity index is 1.38. The maximum atomic E-state index is 13.7. The van der Waals surface area contributed by atoms with Crippen LogP contribution in [0.1, 0.15) is 27.2 Å². The number of amides is 4. The van der Waals surface area contributed by atoms with E-state index < -0.39 is 272 Å². The van der Waals surface area contributed by atoms with Gasteiger partial charge in [-0.1, -0.05) is 0 Å². The molecule has 6 heterocycles. The number of carbonyl (C=O) groups excluding carboxylic acids is 4. The molecular formula is C47H78N4O35. The molecule has 0 aromatic rings. The monoisotopic (exact) mass is 1260 g/mol. The lowest BCUT2D eigenvalue weighted by molar-refractivity contribution is -0.394. The van der Waals surface area contributed by atoms with Gasteiger partial charge in [-0.15, -0.1) is 0 Å². The summed E-state index contributed by atoms with van der Waals surface area (Å²) in [5, 5.41) is 215. The largest absolute Gasteiger partial charge is 0.477 e. The molecule has 39 heteroatoms. The Morgan fingerprint density at radius 3 is 1.49 bits per heavy atom. The van der Waals surface area contributed by atoms with Crippen LogP contribution in [-0.2, 0) is 76.1 Å². The van der Waals surface area contributed by atoms with Crippen molar-refractivity contribution in [1.82, 2.24) is 21.3 Å². The molecule has 4 amide bonds. The topological polar surface area (TPSA) is 619 Å². The van der Waals surface area contributed by atoms with E-state index in [4.69, 9.17) is 52.1 Å². The van der Waals surface area contributed by atoms with Crippen LogP contribution in [0.3, 0.4) is 0 Å². The van der Waals surface area contributed by atoms with E-state index in [9.17, 15) is 121 Å². The molecule has 6 rings (SSSR count). The minimum atomic E-state index is -3.43. The van der Waals surface area contributed by atoms with Crippen molar-refractivity contribution in [1.29, 1.82) is 0 Å². The molecule has 23 N–H and O–H groups in total. The van der Waals surface area contributed by atoms with Crippen molar-refractivity contribution in [2.75, 3.05) is 46.2 Å². The number of aliphatic hydroxyl groups is 18. The predicted octanol–water partition coefficient (Wildman–Crippen LogP) is -15.3. The molecular weight excluding hydrogens is 1180 g/mol. The highest BCUT2D eigenvalue weighted by atomic mass is 16.8. The quantitative estimate of drug-likeness (QED) is 0.0427. The maximum Gasteiger partial charge on any atom is 0.364 e. The third kappa shape index (κ3) is 15.7. The van der Waals surface area contributed by atoms with Gasteiger partial charge in [-0.2, -0.15) is 0 Å². The first-order valence-electron chi connectivity index (χ1n) is 26.9. The van der Waals surface area contributed by atoms with Gasteiger partial charge >= 0.3 is 5.97 Å². The molecule has 6 fully saturated rings. The van der Waals surface area contributed by atoms with Gasteiger partial charge in [-0.25, -0.2) is 4.79 Å². The van der Waals surface area contributed by atoms with Crippen LogP contribution in [0.4, 0.5) is 0 Å². The first kappa shape index (κ1) is 71.3. The van der Waals surface area contributed by atoms with Crippen LogP contribution >= 0.6 is 0 Å².